The smallest absolute Gasteiger partial charge is 0.322 e. The van der Waals surface area contributed by atoms with Gasteiger partial charge < -0.3 is 4.74 Å². The van der Waals surface area contributed by atoms with Gasteiger partial charge in [-0.3, -0.25) is 4.79 Å². The van der Waals surface area contributed by atoms with Crippen molar-refractivity contribution in [1.82, 2.24) is 0 Å². The standard InChI is InChI=1S/C12H20O2S/c1-6-14-10(13)12(5)11(3,4)7-9(2)8-15-12/h7H,6,8H2,1-5H3. The lowest BCUT2D eigenvalue weighted by atomic mass is 9.77. The number of carbonyl (C=O) groups excluding carboxylic acids is 1. The largest absolute Gasteiger partial charge is 0.465 e. The van der Waals surface area contributed by atoms with Gasteiger partial charge in [0.05, 0.1) is 6.61 Å². The van der Waals surface area contributed by atoms with Crippen molar-refractivity contribution in [2.24, 2.45) is 5.41 Å². The number of rotatable bonds is 2. The van der Waals surface area contributed by atoms with E-state index in [0.29, 0.717) is 6.61 Å². The molecule has 0 aromatic heterocycles. The molecule has 0 N–H and O–H groups in total. The van der Waals surface area contributed by atoms with E-state index in [1.807, 2.05) is 13.8 Å². The molecule has 1 aliphatic heterocycles. The first kappa shape index (κ1) is 12.6. The molecule has 0 spiro atoms. The van der Waals surface area contributed by atoms with Gasteiger partial charge in [-0.25, -0.2) is 0 Å². The SMILES string of the molecule is CCOC(=O)C1(C)SCC(C)=CC1(C)C. The molecule has 0 radical (unpaired) electrons. The van der Waals surface area contributed by atoms with Crippen LogP contribution in [-0.2, 0) is 9.53 Å². The molecule has 15 heavy (non-hydrogen) atoms. The predicted octanol–water partition coefficient (Wildman–Crippen LogP) is 3.03. The Bertz CT molecular complexity index is 294. The normalized spacial score (nSPS) is 29.5. The van der Waals surface area contributed by atoms with Gasteiger partial charge in [0.2, 0.25) is 0 Å². The van der Waals surface area contributed by atoms with E-state index in [0.717, 1.165) is 5.75 Å². The summed E-state index contributed by atoms with van der Waals surface area (Å²) in [7, 11) is 0. The van der Waals surface area contributed by atoms with Crippen molar-refractivity contribution in [2.75, 3.05) is 12.4 Å². The highest BCUT2D eigenvalue weighted by Crippen LogP contribution is 2.48. The van der Waals surface area contributed by atoms with Crippen molar-refractivity contribution in [3.05, 3.63) is 11.6 Å². The molecule has 0 aromatic carbocycles. The molecule has 3 heteroatoms. The molecule has 0 aromatic rings. The monoisotopic (exact) mass is 228 g/mol. The van der Waals surface area contributed by atoms with E-state index in [-0.39, 0.29) is 11.4 Å². The summed E-state index contributed by atoms with van der Waals surface area (Å²) >= 11 is 1.69. The zero-order valence-corrected chi connectivity index (χ0v) is 11.0. The van der Waals surface area contributed by atoms with Crippen molar-refractivity contribution in [1.29, 1.82) is 0 Å². The summed E-state index contributed by atoms with van der Waals surface area (Å²) in [4.78, 5) is 12.0. The van der Waals surface area contributed by atoms with Gasteiger partial charge in [-0.05, 0) is 20.8 Å². The molecule has 1 atom stereocenters. The van der Waals surface area contributed by atoms with Gasteiger partial charge in [0.15, 0.2) is 0 Å². The molecule has 2 nitrogen and oxygen atoms in total. The highest BCUT2D eigenvalue weighted by atomic mass is 32.2. The summed E-state index contributed by atoms with van der Waals surface area (Å²) in [6, 6.07) is 0. The Morgan fingerprint density at radius 3 is 2.60 bits per heavy atom. The molecule has 0 amide bonds. The fraction of sp³-hybridized carbons (Fsp3) is 0.750. The van der Waals surface area contributed by atoms with Crippen molar-refractivity contribution in [3.8, 4) is 0 Å². The predicted molar refractivity (Wildman–Crippen MR) is 65.0 cm³/mol. The summed E-state index contributed by atoms with van der Waals surface area (Å²) in [5.74, 6) is 0.822. The fourth-order valence-electron chi connectivity index (χ4n) is 1.83. The first-order valence-corrected chi connectivity index (χ1v) is 6.31. The van der Waals surface area contributed by atoms with Gasteiger partial charge in [-0.1, -0.05) is 25.5 Å². The molecular formula is C12H20O2S. The molecule has 1 aliphatic rings. The Kier molecular flexibility index (Phi) is 3.54. The third kappa shape index (κ3) is 2.22. The number of thioether (sulfide) groups is 1. The van der Waals surface area contributed by atoms with Crippen molar-refractivity contribution < 1.29 is 9.53 Å². The quantitative estimate of drug-likeness (QED) is 0.537. The van der Waals surface area contributed by atoms with Crippen LogP contribution in [0, 0.1) is 5.41 Å². The van der Waals surface area contributed by atoms with E-state index in [1.165, 1.54) is 5.57 Å². The van der Waals surface area contributed by atoms with Gasteiger partial charge in [0, 0.05) is 11.2 Å². The zero-order valence-electron chi connectivity index (χ0n) is 10.2. The summed E-state index contributed by atoms with van der Waals surface area (Å²) in [5, 5.41) is 0. The molecule has 0 fully saturated rings. The molecule has 86 valence electrons. The average molecular weight is 228 g/mol. The lowest BCUT2D eigenvalue weighted by molar-refractivity contribution is -0.148. The van der Waals surface area contributed by atoms with Crippen LogP contribution >= 0.6 is 11.8 Å². The summed E-state index contributed by atoms with van der Waals surface area (Å²) in [6.45, 7) is 10.6. The molecule has 1 rings (SSSR count). The first-order chi connectivity index (χ1) is 6.83. The number of allylic oxidation sites excluding steroid dienone is 1. The number of carbonyl (C=O) groups is 1. The van der Waals surface area contributed by atoms with Crippen LogP contribution < -0.4 is 0 Å². The third-order valence-electron chi connectivity index (χ3n) is 3.09. The van der Waals surface area contributed by atoms with E-state index in [2.05, 4.69) is 26.8 Å². The zero-order chi connectivity index (χ0) is 11.7. The second kappa shape index (κ2) is 4.20. The average Bonchev–Trinajstić information content (AvgIpc) is 2.11. The van der Waals surface area contributed by atoms with Crippen LogP contribution in [0.2, 0.25) is 0 Å². The van der Waals surface area contributed by atoms with Crippen LogP contribution in [0.15, 0.2) is 11.6 Å². The summed E-state index contributed by atoms with van der Waals surface area (Å²) < 4.78 is 4.71. The van der Waals surface area contributed by atoms with Gasteiger partial charge in [-0.15, -0.1) is 11.8 Å². The molecule has 0 saturated heterocycles. The highest BCUT2D eigenvalue weighted by molar-refractivity contribution is 8.01. The van der Waals surface area contributed by atoms with Gasteiger partial charge in [0.1, 0.15) is 4.75 Å². The molecule has 0 bridgehead atoms. The van der Waals surface area contributed by atoms with Gasteiger partial charge >= 0.3 is 5.97 Å². The second-order valence-electron chi connectivity index (χ2n) is 4.75. The van der Waals surface area contributed by atoms with E-state index in [9.17, 15) is 4.79 Å². The topological polar surface area (TPSA) is 26.3 Å². The molecule has 1 unspecified atom stereocenters. The van der Waals surface area contributed by atoms with Crippen LogP contribution in [-0.4, -0.2) is 23.1 Å². The lowest BCUT2D eigenvalue weighted by Crippen LogP contribution is -2.48. The summed E-state index contributed by atoms with van der Waals surface area (Å²) in [6.07, 6.45) is 2.19. The van der Waals surface area contributed by atoms with Gasteiger partial charge in [0.25, 0.3) is 0 Å². The number of hydrogen-bond donors (Lipinski definition) is 0. The second-order valence-corrected chi connectivity index (χ2v) is 6.15. The van der Waals surface area contributed by atoms with E-state index in [4.69, 9.17) is 4.74 Å². The van der Waals surface area contributed by atoms with Crippen LogP contribution in [0.25, 0.3) is 0 Å². The Balaban J connectivity index is 2.99. The van der Waals surface area contributed by atoms with Crippen LogP contribution in [0.3, 0.4) is 0 Å². The number of ether oxygens (including phenoxy) is 1. The van der Waals surface area contributed by atoms with E-state index < -0.39 is 4.75 Å². The Morgan fingerprint density at radius 1 is 1.53 bits per heavy atom. The minimum Gasteiger partial charge on any atom is -0.465 e. The van der Waals surface area contributed by atoms with E-state index in [1.54, 1.807) is 11.8 Å². The first-order valence-electron chi connectivity index (χ1n) is 5.33. The fourth-order valence-corrected chi connectivity index (χ4v) is 3.04. The van der Waals surface area contributed by atoms with Crippen molar-refractivity contribution >= 4 is 17.7 Å². The van der Waals surface area contributed by atoms with Crippen LogP contribution in [0.4, 0.5) is 0 Å². The molecule has 0 aliphatic carbocycles. The maximum atomic E-state index is 12.0. The lowest BCUT2D eigenvalue weighted by Gasteiger charge is -2.43. The Hall–Kier alpha value is -0.440. The van der Waals surface area contributed by atoms with Crippen LogP contribution in [0.1, 0.15) is 34.6 Å². The van der Waals surface area contributed by atoms with Crippen LogP contribution in [0.5, 0.6) is 0 Å². The molecular weight excluding hydrogens is 208 g/mol. The van der Waals surface area contributed by atoms with E-state index >= 15 is 0 Å². The Morgan fingerprint density at radius 2 is 2.13 bits per heavy atom. The Labute approximate surface area is 96.5 Å². The molecule has 1 heterocycles. The third-order valence-corrected chi connectivity index (χ3v) is 4.96. The molecule has 0 saturated carbocycles. The minimum atomic E-state index is -0.456. The maximum Gasteiger partial charge on any atom is 0.322 e. The minimum absolute atomic E-state index is 0.0937. The maximum absolute atomic E-state index is 12.0. The number of esters is 1. The summed E-state index contributed by atoms with van der Waals surface area (Å²) in [5.41, 5.74) is 1.19. The number of hydrogen-bond acceptors (Lipinski definition) is 3. The highest BCUT2D eigenvalue weighted by Gasteiger charge is 2.49. The van der Waals surface area contributed by atoms with Gasteiger partial charge in [-0.2, -0.15) is 0 Å². The van der Waals surface area contributed by atoms with Crippen molar-refractivity contribution in [2.45, 2.75) is 39.4 Å². The van der Waals surface area contributed by atoms with Crippen molar-refractivity contribution in [3.63, 3.8) is 0 Å².